The Balaban J connectivity index is 4.44. The van der Waals surface area contributed by atoms with Crippen molar-refractivity contribution in [2.75, 3.05) is 39.6 Å². The minimum absolute atomic E-state index is 0.0876. The Labute approximate surface area is 601 Å². The first-order valence-electron chi connectivity index (χ1n) is 38.5. The molecule has 0 spiro atoms. The zero-order chi connectivity index (χ0) is 72.3. The van der Waals surface area contributed by atoms with Crippen LogP contribution in [-0.4, -0.2) is 95.9 Å². The second-order valence-electron chi connectivity index (χ2n) is 25.4. The third-order valence-corrected chi connectivity index (χ3v) is 17.7. The molecule has 0 amide bonds. The highest BCUT2D eigenvalue weighted by Crippen LogP contribution is 2.45. The van der Waals surface area contributed by atoms with E-state index in [0.29, 0.717) is 19.3 Å². The fourth-order valence-electron chi connectivity index (χ4n) is 9.95. The molecule has 0 aliphatic rings. The van der Waals surface area contributed by atoms with Gasteiger partial charge in [-0.15, -0.1) is 0 Å². The highest BCUT2D eigenvalue weighted by Gasteiger charge is 2.29. The number of aliphatic hydroxyl groups is 2. The lowest BCUT2D eigenvalue weighted by molar-refractivity contribution is -0.161. The molecule has 0 heterocycles. The van der Waals surface area contributed by atoms with Crippen LogP contribution in [0.4, 0.5) is 0 Å². The zero-order valence-corrected chi connectivity index (χ0v) is 63.7. The van der Waals surface area contributed by atoms with E-state index in [9.17, 15) is 43.5 Å². The molecule has 0 saturated heterocycles. The molecule has 568 valence electrons. The van der Waals surface area contributed by atoms with Crippen molar-refractivity contribution in [1.82, 2.24) is 0 Å². The summed E-state index contributed by atoms with van der Waals surface area (Å²) in [6, 6.07) is 0. The van der Waals surface area contributed by atoms with E-state index in [0.717, 1.165) is 154 Å². The highest BCUT2D eigenvalue weighted by atomic mass is 31.2. The summed E-state index contributed by atoms with van der Waals surface area (Å²) >= 11 is 0. The molecular weight excluding hydrogens is 1290 g/mol. The number of aliphatic hydroxyl groups excluding tert-OH is 2. The van der Waals surface area contributed by atoms with Crippen molar-refractivity contribution in [3.8, 4) is 0 Å². The first-order valence-corrected chi connectivity index (χ1v) is 41.5. The molecule has 16 nitrogen and oxygen atoms in total. The van der Waals surface area contributed by atoms with Gasteiger partial charge in [0.2, 0.25) is 0 Å². The number of phosphoric ester groups is 2. The Bertz CT molecular complexity index is 2330. The second kappa shape index (κ2) is 73.4. The van der Waals surface area contributed by atoms with Crippen molar-refractivity contribution in [3.05, 3.63) is 134 Å². The van der Waals surface area contributed by atoms with Crippen LogP contribution in [0.3, 0.4) is 0 Å². The minimum atomic E-state index is -4.93. The maximum absolute atomic E-state index is 12.9. The number of hydrogen-bond acceptors (Lipinski definition) is 14. The van der Waals surface area contributed by atoms with E-state index >= 15 is 0 Å². The fourth-order valence-corrected chi connectivity index (χ4v) is 11.5. The van der Waals surface area contributed by atoms with Crippen LogP contribution in [0.1, 0.15) is 303 Å². The van der Waals surface area contributed by atoms with E-state index in [1.165, 1.54) is 89.9 Å². The SMILES string of the molecule is CC/C=C\C/C=C\C/C=C\C/C=C\C/C=C\C/C=C\CCCCCCCCCCCCCCC(=O)OCC(O)COP(=O)(O)OCC(O)COP(=O)(O)OCC(COC(=O)CCCCCCC/C=C\C/C=C\C/C=C\C/C=C\CCCCC)OC(=O)CCCCCCC/C=C\CCCC. The van der Waals surface area contributed by atoms with Crippen LogP contribution >= 0.6 is 15.6 Å². The van der Waals surface area contributed by atoms with Crippen molar-refractivity contribution in [1.29, 1.82) is 0 Å². The molecule has 99 heavy (non-hydrogen) atoms. The van der Waals surface area contributed by atoms with Gasteiger partial charge in [-0.05, 0) is 135 Å². The third kappa shape index (κ3) is 74.7. The molecule has 0 fully saturated rings. The maximum atomic E-state index is 12.9. The largest absolute Gasteiger partial charge is 0.472 e. The number of allylic oxidation sites excluding steroid dienone is 22. The number of phosphoric acid groups is 2. The van der Waals surface area contributed by atoms with Crippen molar-refractivity contribution in [2.45, 2.75) is 322 Å². The van der Waals surface area contributed by atoms with Crippen LogP contribution in [0.5, 0.6) is 0 Å². The molecule has 0 radical (unpaired) electrons. The summed E-state index contributed by atoms with van der Waals surface area (Å²) < 4.78 is 61.0. The van der Waals surface area contributed by atoms with E-state index in [2.05, 4.69) is 154 Å². The molecule has 0 aromatic rings. The van der Waals surface area contributed by atoms with E-state index in [1.54, 1.807) is 0 Å². The van der Waals surface area contributed by atoms with Crippen molar-refractivity contribution < 1.29 is 75.8 Å². The van der Waals surface area contributed by atoms with Crippen LogP contribution < -0.4 is 0 Å². The summed E-state index contributed by atoms with van der Waals surface area (Å²) in [7, 11) is -9.79. The number of esters is 3. The summed E-state index contributed by atoms with van der Waals surface area (Å²) in [6.07, 6.45) is 88.0. The molecule has 5 unspecified atom stereocenters. The Hall–Kier alpha value is -4.31. The number of rotatable bonds is 72. The number of carbonyl (C=O) groups is 3. The lowest BCUT2D eigenvalue weighted by Crippen LogP contribution is -2.30. The molecule has 0 bridgehead atoms. The van der Waals surface area contributed by atoms with Gasteiger partial charge in [0.25, 0.3) is 0 Å². The fraction of sp³-hybridized carbons (Fsp3) is 0.691. The van der Waals surface area contributed by atoms with Crippen molar-refractivity contribution in [3.63, 3.8) is 0 Å². The smallest absolute Gasteiger partial charge is 0.463 e. The van der Waals surface area contributed by atoms with E-state index in [-0.39, 0.29) is 19.3 Å². The van der Waals surface area contributed by atoms with Crippen LogP contribution in [0.15, 0.2) is 134 Å². The average Bonchev–Trinajstić information content (AvgIpc) is 1.22. The molecule has 4 N–H and O–H groups in total. The van der Waals surface area contributed by atoms with Crippen LogP contribution in [0.2, 0.25) is 0 Å². The molecular formula is C81H138O16P2. The van der Waals surface area contributed by atoms with Gasteiger partial charge in [-0.1, -0.05) is 283 Å². The Morgan fingerprint density at radius 3 is 0.889 bits per heavy atom. The Morgan fingerprint density at radius 2 is 0.545 bits per heavy atom. The number of ether oxygens (including phenoxy) is 3. The van der Waals surface area contributed by atoms with Crippen molar-refractivity contribution >= 4 is 33.6 Å². The standard InChI is InChI=1S/C81H138O16P2/c1-4-7-10-13-16-19-22-24-26-28-30-32-33-34-35-36-37-38-39-40-41-43-45-46-48-50-53-55-58-61-64-67-79(84)91-70-76(82)71-93-98(87,88)94-72-77(83)73-95-99(89,90)96-75-78(97-81(86)69-66-63-60-57-52-21-18-15-12-9-6-3)74-92-80(85)68-65-62-59-56-54-51-49-47-44-42-31-29-27-25-23-20-17-14-11-8-5-2/h7,10,15-20,24-27,30-32,34-35,37-38,42,47,49,76-78,82-83H,4-6,8-9,11-14,21-23,28-29,33,36,39-41,43-46,48,50-75H2,1-3H3,(H,87,88)(H,89,90)/b10-7-,18-15-,19-16-,20-17-,26-24-,27-25-,32-30-,35-34-,38-37-,42-31-,49-47-. The quantitative estimate of drug-likeness (QED) is 0.0146. The predicted molar refractivity (Wildman–Crippen MR) is 408 cm³/mol. The molecule has 0 saturated carbocycles. The van der Waals surface area contributed by atoms with Crippen molar-refractivity contribution in [2.24, 2.45) is 0 Å². The first kappa shape index (κ1) is 94.7. The molecule has 0 aromatic heterocycles. The first-order chi connectivity index (χ1) is 48.2. The average molecular weight is 1430 g/mol. The lowest BCUT2D eigenvalue weighted by Gasteiger charge is -2.21. The zero-order valence-electron chi connectivity index (χ0n) is 61.9. The summed E-state index contributed by atoms with van der Waals surface area (Å²) in [5, 5.41) is 20.6. The maximum Gasteiger partial charge on any atom is 0.472 e. The predicted octanol–water partition coefficient (Wildman–Crippen LogP) is 22.3. The molecule has 18 heteroatoms. The third-order valence-electron chi connectivity index (χ3n) is 15.8. The Kier molecular flexibility index (Phi) is 70.2. The number of hydrogen-bond donors (Lipinski definition) is 4. The monoisotopic (exact) mass is 1430 g/mol. The van der Waals surface area contributed by atoms with Gasteiger partial charge in [-0.25, -0.2) is 9.13 Å². The molecule has 5 atom stereocenters. The van der Waals surface area contributed by atoms with E-state index < -0.39 is 91.5 Å². The molecule has 0 rings (SSSR count). The Morgan fingerprint density at radius 1 is 0.293 bits per heavy atom. The molecule has 0 aliphatic heterocycles. The van der Waals surface area contributed by atoms with Gasteiger partial charge >= 0.3 is 33.6 Å². The van der Waals surface area contributed by atoms with E-state index in [4.69, 9.17) is 32.3 Å². The van der Waals surface area contributed by atoms with E-state index in [1.807, 2.05) is 0 Å². The number of carbonyl (C=O) groups excluding carboxylic acids is 3. The topological polar surface area (TPSA) is 231 Å². The van der Waals surface area contributed by atoms with Gasteiger partial charge in [0, 0.05) is 19.3 Å². The number of unbranched alkanes of at least 4 members (excludes halogenated alkanes) is 27. The summed E-state index contributed by atoms with van der Waals surface area (Å²) in [6.45, 7) is 2.46. The molecule has 0 aliphatic carbocycles. The van der Waals surface area contributed by atoms with Gasteiger partial charge in [-0.2, -0.15) is 0 Å². The summed E-state index contributed by atoms with van der Waals surface area (Å²) in [4.78, 5) is 58.5. The van der Waals surface area contributed by atoms with Gasteiger partial charge in [-0.3, -0.25) is 32.5 Å². The normalized spacial score (nSPS) is 14.8. The van der Waals surface area contributed by atoms with Gasteiger partial charge in [0.1, 0.15) is 25.4 Å². The molecule has 0 aromatic carbocycles. The highest BCUT2D eigenvalue weighted by molar-refractivity contribution is 7.47. The summed E-state index contributed by atoms with van der Waals surface area (Å²) in [5.74, 6) is -1.61. The van der Waals surface area contributed by atoms with Gasteiger partial charge in [0.05, 0.1) is 26.4 Å². The van der Waals surface area contributed by atoms with Crippen LogP contribution in [-0.2, 0) is 55.8 Å². The van der Waals surface area contributed by atoms with Gasteiger partial charge < -0.3 is 34.2 Å². The lowest BCUT2D eigenvalue weighted by atomic mass is 10.0. The summed E-state index contributed by atoms with van der Waals surface area (Å²) in [5.41, 5.74) is 0. The van der Waals surface area contributed by atoms with Gasteiger partial charge in [0.15, 0.2) is 6.10 Å². The van der Waals surface area contributed by atoms with Crippen LogP contribution in [0.25, 0.3) is 0 Å². The van der Waals surface area contributed by atoms with Crippen LogP contribution in [0, 0.1) is 0 Å². The second-order valence-corrected chi connectivity index (χ2v) is 28.3. The minimum Gasteiger partial charge on any atom is -0.463 e.